The number of nitrogens with one attached hydrogen (secondary N) is 1. The van der Waals surface area contributed by atoms with Gasteiger partial charge in [-0.2, -0.15) is 0 Å². The van der Waals surface area contributed by atoms with E-state index in [1.54, 1.807) is 34.6 Å². The first-order chi connectivity index (χ1) is 22.0. The number of thiazole rings is 1. The standard InChI is InChI=1S/C34H54N4O8S/c1-11-14-15-19-45-38(25(22(4)5)20-26(39)29-35-24(21-47-29)31(42)44-13-3)30(41)27(23(6)12-2)28(40)36-34(10)17-16-18-37(34)32(43)46-33(7,8)9/h1,21-23,25-27,39H,12-20H2,2-10H3,(H,36,40)/t23-,25+,26+,27-,34+/m0/s1. The molecular formula is C34H54N4O8S. The highest BCUT2D eigenvalue weighted by Gasteiger charge is 2.47. The lowest BCUT2D eigenvalue weighted by Crippen LogP contribution is -2.61. The molecule has 1 saturated heterocycles. The number of carbonyl (C=O) groups excluding carboxylic acids is 4. The van der Waals surface area contributed by atoms with Crippen LogP contribution in [0, 0.1) is 30.1 Å². The summed E-state index contributed by atoms with van der Waals surface area (Å²) in [6, 6.07) is -0.669. The fraction of sp³-hybridized carbons (Fsp3) is 0.735. The first-order valence-corrected chi connectivity index (χ1v) is 17.4. The van der Waals surface area contributed by atoms with E-state index >= 15 is 0 Å². The number of terminal acetylenes is 1. The molecule has 1 aliphatic heterocycles. The number of hydroxylamine groups is 2. The van der Waals surface area contributed by atoms with Crippen molar-refractivity contribution in [3.05, 3.63) is 16.1 Å². The summed E-state index contributed by atoms with van der Waals surface area (Å²) in [7, 11) is 0. The van der Waals surface area contributed by atoms with E-state index < -0.39 is 53.2 Å². The molecule has 1 fully saturated rings. The zero-order valence-electron chi connectivity index (χ0n) is 29.5. The third-order valence-corrected chi connectivity index (χ3v) is 9.10. The Labute approximate surface area is 283 Å². The highest BCUT2D eigenvalue weighted by atomic mass is 32.1. The minimum Gasteiger partial charge on any atom is -0.461 e. The third-order valence-electron chi connectivity index (χ3n) is 8.15. The minimum absolute atomic E-state index is 0.0350. The zero-order valence-corrected chi connectivity index (χ0v) is 30.3. The van der Waals surface area contributed by atoms with Crippen LogP contribution in [0.4, 0.5) is 4.79 Å². The zero-order chi connectivity index (χ0) is 35.5. The van der Waals surface area contributed by atoms with Gasteiger partial charge in [0.15, 0.2) is 5.69 Å². The third kappa shape index (κ3) is 11.2. The molecule has 5 atom stereocenters. The van der Waals surface area contributed by atoms with Crippen LogP contribution >= 0.6 is 11.3 Å². The molecule has 2 N–H and O–H groups in total. The molecule has 0 spiro atoms. The van der Waals surface area contributed by atoms with Gasteiger partial charge in [-0.25, -0.2) is 19.6 Å². The van der Waals surface area contributed by atoms with Crippen LogP contribution in [-0.2, 0) is 23.9 Å². The van der Waals surface area contributed by atoms with Crippen molar-refractivity contribution >= 4 is 35.2 Å². The van der Waals surface area contributed by atoms with Gasteiger partial charge in [-0.05, 0) is 65.7 Å². The average Bonchev–Trinajstić information content (AvgIpc) is 3.62. The number of amides is 3. The Bertz CT molecular complexity index is 1260. The fourth-order valence-electron chi connectivity index (χ4n) is 5.40. The molecular weight excluding hydrogens is 624 g/mol. The number of likely N-dealkylation sites (tertiary alicyclic amines) is 1. The maximum absolute atomic E-state index is 14.5. The van der Waals surface area contributed by atoms with Gasteiger partial charge in [0, 0.05) is 24.8 Å². The van der Waals surface area contributed by atoms with Crippen molar-refractivity contribution in [2.45, 2.75) is 124 Å². The average molecular weight is 679 g/mol. The molecule has 0 unspecified atom stereocenters. The number of ether oxygens (including phenoxy) is 2. The number of aromatic nitrogens is 1. The van der Waals surface area contributed by atoms with Crippen molar-refractivity contribution in [3.63, 3.8) is 0 Å². The molecule has 2 heterocycles. The van der Waals surface area contributed by atoms with Gasteiger partial charge >= 0.3 is 12.1 Å². The van der Waals surface area contributed by atoms with Crippen molar-refractivity contribution in [3.8, 4) is 12.3 Å². The molecule has 2 rings (SSSR count). The predicted molar refractivity (Wildman–Crippen MR) is 179 cm³/mol. The second-order valence-electron chi connectivity index (χ2n) is 13.5. The summed E-state index contributed by atoms with van der Waals surface area (Å²) in [5.41, 5.74) is -1.68. The predicted octanol–water partition coefficient (Wildman–Crippen LogP) is 5.47. The second-order valence-corrected chi connectivity index (χ2v) is 14.4. The molecule has 0 saturated carbocycles. The van der Waals surface area contributed by atoms with Crippen molar-refractivity contribution < 1.29 is 38.6 Å². The van der Waals surface area contributed by atoms with Crippen molar-refractivity contribution in [1.29, 1.82) is 0 Å². The Hall–Kier alpha value is -3.21. The minimum atomic E-state index is -1.15. The molecule has 1 aromatic heterocycles. The van der Waals surface area contributed by atoms with Gasteiger partial charge < -0.3 is 19.9 Å². The lowest BCUT2D eigenvalue weighted by Gasteiger charge is -2.40. The Kier molecular flexibility index (Phi) is 15.1. The molecule has 1 aromatic rings. The van der Waals surface area contributed by atoms with E-state index in [9.17, 15) is 24.3 Å². The lowest BCUT2D eigenvalue weighted by molar-refractivity contribution is -0.214. The van der Waals surface area contributed by atoms with E-state index in [4.69, 9.17) is 20.7 Å². The molecule has 0 aromatic carbocycles. The van der Waals surface area contributed by atoms with Gasteiger partial charge in [-0.1, -0.05) is 34.1 Å². The molecule has 0 radical (unpaired) electrons. The summed E-state index contributed by atoms with van der Waals surface area (Å²) < 4.78 is 10.6. The summed E-state index contributed by atoms with van der Waals surface area (Å²) in [5, 5.41) is 17.3. The topological polar surface area (TPSA) is 148 Å². The van der Waals surface area contributed by atoms with Crippen molar-refractivity contribution in [2.24, 2.45) is 17.8 Å². The van der Waals surface area contributed by atoms with Crippen LogP contribution in [-0.4, -0.2) is 81.0 Å². The number of carbonyl (C=O) groups is 4. The van der Waals surface area contributed by atoms with Gasteiger partial charge in [0.2, 0.25) is 5.91 Å². The summed E-state index contributed by atoms with van der Waals surface area (Å²) in [4.78, 5) is 65.7. The monoisotopic (exact) mass is 678 g/mol. The van der Waals surface area contributed by atoms with Crippen LogP contribution < -0.4 is 5.32 Å². The Morgan fingerprint density at radius 1 is 1.23 bits per heavy atom. The SMILES string of the molecule is C#CCCCON(C(=O)[C@H](C(=O)N[C@@]1(C)CCCN1C(=O)OC(C)(C)C)[C@@H](C)CC)[C@H](C[C@@H](O)c1nc(C(=O)OCC)cs1)C(C)C. The van der Waals surface area contributed by atoms with Crippen LogP contribution in [0.1, 0.15) is 122 Å². The first-order valence-electron chi connectivity index (χ1n) is 16.5. The normalized spacial score (nSPS) is 19.0. The number of aliphatic hydroxyl groups excluding tert-OH is 1. The van der Waals surface area contributed by atoms with Gasteiger partial charge in [-0.3, -0.25) is 19.3 Å². The van der Waals surface area contributed by atoms with Crippen LogP contribution in [0.15, 0.2) is 5.38 Å². The highest BCUT2D eigenvalue weighted by molar-refractivity contribution is 7.09. The molecule has 264 valence electrons. The van der Waals surface area contributed by atoms with Crippen LogP contribution in [0.2, 0.25) is 0 Å². The number of hydrogen-bond acceptors (Lipinski definition) is 10. The maximum Gasteiger partial charge on any atom is 0.412 e. The van der Waals surface area contributed by atoms with Crippen LogP contribution in [0.5, 0.6) is 0 Å². The number of aliphatic hydroxyl groups is 1. The number of unbranched alkanes of at least 4 members (excludes halogenated alkanes) is 1. The molecule has 3 amide bonds. The van der Waals surface area contributed by atoms with E-state index in [1.807, 2.05) is 27.7 Å². The van der Waals surface area contributed by atoms with E-state index in [-0.39, 0.29) is 37.2 Å². The smallest absolute Gasteiger partial charge is 0.412 e. The number of rotatable bonds is 16. The van der Waals surface area contributed by atoms with E-state index in [1.165, 1.54) is 15.3 Å². The summed E-state index contributed by atoms with van der Waals surface area (Å²) in [6.07, 6.45) is 6.39. The Balaban J connectivity index is 2.42. The number of nitrogens with zero attached hydrogens (tertiary/aromatic N) is 3. The molecule has 13 heteroatoms. The van der Waals surface area contributed by atoms with Gasteiger partial charge in [-0.15, -0.1) is 23.7 Å². The summed E-state index contributed by atoms with van der Waals surface area (Å²) in [6.45, 7) is 17.0. The van der Waals surface area contributed by atoms with Crippen LogP contribution in [0.25, 0.3) is 0 Å². The summed E-state index contributed by atoms with van der Waals surface area (Å²) in [5.74, 6) is -0.849. The van der Waals surface area contributed by atoms with E-state index in [2.05, 4.69) is 16.2 Å². The summed E-state index contributed by atoms with van der Waals surface area (Å²) >= 11 is 1.12. The maximum atomic E-state index is 14.5. The molecule has 47 heavy (non-hydrogen) atoms. The molecule has 0 bridgehead atoms. The van der Waals surface area contributed by atoms with Crippen LogP contribution in [0.3, 0.4) is 0 Å². The van der Waals surface area contributed by atoms with Gasteiger partial charge in [0.1, 0.15) is 28.3 Å². The molecule has 1 aliphatic rings. The molecule has 0 aliphatic carbocycles. The first kappa shape index (κ1) is 40.0. The molecule has 12 nitrogen and oxygen atoms in total. The Morgan fingerprint density at radius 3 is 2.49 bits per heavy atom. The van der Waals surface area contributed by atoms with E-state index in [0.29, 0.717) is 43.7 Å². The number of esters is 1. The largest absolute Gasteiger partial charge is 0.461 e. The fourth-order valence-corrected chi connectivity index (χ4v) is 6.19. The number of hydrogen-bond donors (Lipinski definition) is 2. The highest BCUT2D eigenvalue weighted by Crippen LogP contribution is 2.32. The quantitative estimate of drug-likeness (QED) is 0.0764. The van der Waals surface area contributed by atoms with Crippen molar-refractivity contribution in [1.82, 2.24) is 20.3 Å². The van der Waals surface area contributed by atoms with Gasteiger partial charge in [0.25, 0.3) is 5.91 Å². The van der Waals surface area contributed by atoms with Gasteiger partial charge in [0.05, 0.1) is 19.3 Å². The van der Waals surface area contributed by atoms with E-state index in [0.717, 1.165) is 11.3 Å². The second kappa shape index (κ2) is 17.8. The van der Waals surface area contributed by atoms with Crippen molar-refractivity contribution in [2.75, 3.05) is 19.8 Å². The lowest BCUT2D eigenvalue weighted by atomic mass is 9.88. The Morgan fingerprint density at radius 2 is 1.91 bits per heavy atom.